The summed E-state index contributed by atoms with van der Waals surface area (Å²) >= 11 is 0. The molecule has 126 valence electrons. The second kappa shape index (κ2) is 7.17. The highest BCUT2D eigenvalue weighted by Crippen LogP contribution is 2.29. The fourth-order valence-electron chi connectivity index (χ4n) is 2.43. The molecule has 0 saturated heterocycles. The average molecular weight is 349 g/mol. The molecule has 1 aliphatic rings. The van der Waals surface area contributed by atoms with Crippen molar-refractivity contribution in [3.63, 3.8) is 0 Å². The van der Waals surface area contributed by atoms with Crippen LogP contribution in [0.5, 0.6) is 5.75 Å². The molecule has 2 rings (SSSR count). The Morgan fingerprint density at radius 3 is 2.68 bits per heavy atom. The van der Waals surface area contributed by atoms with E-state index in [-0.39, 0.29) is 17.8 Å². The molecule has 0 fully saturated rings. The van der Waals surface area contributed by atoms with Crippen molar-refractivity contribution < 1.29 is 13.2 Å². The molecule has 1 aromatic rings. The number of rotatable bonds is 5. The van der Waals surface area contributed by atoms with Crippen molar-refractivity contribution in [3.05, 3.63) is 23.8 Å². The Hall–Kier alpha value is -0.820. The first-order chi connectivity index (χ1) is 9.76. The summed E-state index contributed by atoms with van der Waals surface area (Å²) in [6.07, 6.45) is 1.78. The number of benzene rings is 1. The normalized spacial score (nSPS) is 15.0. The van der Waals surface area contributed by atoms with E-state index in [1.54, 1.807) is 25.2 Å². The van der Waals surface area contributed by atoms with Gasteiger partial charge in [0.2, 0.25) is 10.0 Å². The lowest BCUT2D eigenvalue weighted by molar-refractivity contribution is 0.287. The van der Waals surface area contributed by atoms with Gasteiger partial charge in [0.1, 0.15) is 5.75 Å². The number of nitrogens with two attached hydrogens (primary N) is 1. The number of hydrogen-bond acceptors (Lipinski definition) is 4. The molecule has 1 heterocycles. The van der Waals surface area contributed by atoms with Gasteiger partial charge in [-0.15, -0.1) is 12.4 Å². The highest BCUT2D eigenvalue weighted by Gasteiger charge is 2.28. The van der Waals surface area contributed by atoms with Crippen molar-refractivity contribution in [3.8, 4) is 5.75 Å². The zero-order valence-electron chi connectivity index (χ0n) is 13.3. The van der Waals surface area contributed by atoms with Crippen LogP contribution in [-0.4, -0.2) is 39.5 Å². The van der Waals surface area contributed by atoms with E-state index in [9.17, 15) is 8.42 Å². The van der Waals surface area contributed by atoms with Crippen LogP contribution in [-0.2, 0) is 16.4 Å². The molecule has 0 spiro atoms. The van der Waals surface area contributed by atoms with E-state index in [0.717, 1.165) is 24.2 Å². The fourth-order valence-corrected chi connectivity index (χ4v) is 3.84. The quantitative estimate of drug-likeness (QED) is 0.883. The molecule has 0 bridgehead atoms. The summed E-state index contributed by atoms with van der Waals surface area (Å²) in [5.74, 6) is 0.796. The first-order valence-corrected chi connectivity index (χ1v) is 8.62. The molecular weight excluding hydrogens is 324 g/mol. The predicted molar refractivity (Wildman–Crippen MR) is 90.2 cm³/mol. The molecule has 0 amide bonds. The highest BCUT2D eigenvalue weighted by atomic mass is 35.5. The molecule has 0 atom stereocenters. The minimum absolute atomic E-state index is 0. The first kappa shape index (κ1) is 19.2. The SMILES string of the molecule is CN(CC(C)(C)CN)S(=O)(=O)c1ccc2c(c1)CCCO2.Cl. The third-order valence-corrected chi connectivity index (χ3v) is 5.59. The first-order valence-electron chi connectivity index (χ1n) is 7.18. The summed E-state index contributed by atoms with van der Waals surface area (Å²) in [4.78, 5) is 0.321. The molecule has 5 nitrogen and oxygen atoms in total. The van der Waals surface area contributed by atoms with Crippen LogP contribution in [0, 0.1) is 5.41 Å². The van der Waals surface area contributed by atoms with Gasteiger partial charge in [-0.05, 0) is 48.6 Å². The minimum Gasteiger partial charge on any atom is -0.493 e. The Labute approximate surface area is 139 Å². The van der Waals surface area contributed by atoms with Crippen LogP contribution in [0.4, 0.5) is 0 Å². The number of nitrogens with zero attached hydrogens (tertiary/aromatic N) is 1. The molecule has 7 heteroatoms. The van der Waals surface area contributed by atoms with E-state index >= 15 is 0 Å². The van der Waals surface area contributed by atoms with Crippen LogP contribution in [0.15, 0.2) is 23.1 Å². The zero-order valence-corrected chi connectivity index (χ0v) is 15.0. The van der Waals surface area contributed by atoms with Crippen molar-refractivity contribution in [2.24, 2.45) is 11.1 Å². The average Bonchev–Trinajstić information content (AvgIpc) is 2.46. The predicted octanol–water partition coefficient (Wildman–Crippen LogP) is 2.04. The van der Waals surface area contributed by atoms with E-state index in [0.29, 0.717) is 24.6 Å². The fraction of sp³-hybridized carbons (Fsp3) is 0.600. The van der Waals surface area contributed by atoms with E-state index in [2.05, 4.69) is 0 Å². The minimum atomic E-state index is -3.49. The lowest BCUT2D eigenvalue weighted by Gasteiger charge is -2.28. The van der Waals surface area contributed by atoms with E-state index in [1.165, 1.54) is 4.31 Å². The molecule has 1 aliphatic heterocycles. The lowest BCUT2D eigenvalue weighted by Crippen LogP contribution is -2.39. The third kappa shape index (κ3) is 4.13. The number of ether oxygens (including phenoxy) is 1. The van der Waals surface area contributed by atoms with Crippen LogP contribution in [0.2, 0.25) is 0 Å². The molecule has 0 unspecified atom stereocenters. The largest absolute Gasteiger partial charge is 0.493 e. The van der Waals surface area contributed by atoms with E-state index < -0.39 is 10.0 Å². The second-order valence-corrected chi connectivity index (χ2v) is 8.40. The molecule has 0 aromatic heterocycles. The Morgan fingerprint density at radius 2 is 2.05 bits per heavy atom. The van der Waals surface area contributed by atoms with Crippen molar-refractivity contribution >= 4 is 22.4 Å². The van der Waals surface area contributed by atoms with Crippen LogP contribution in [0.3, 0.4) is 0 Å². The number of fused-ring (bicyclic) bond motifs is 1. The maximum atomic E-state index is 12.7. The van der Waals surface area contributed by atoms with Crippen molar-refractivity contribution in [2.75, 3.05) is 26.7 Å². The molecule has 22 heavy (non-hydrogen) atoms. The molecule has 0 saturated carbocycles. The van der Waals surface area contributed by atoms with Gasteiger partial charge in [0.05, 0.1) is 11.5 Å². The Kier molecular flexibility index (Phi) is 6.27. The molecular formula is C15H25ClN2O3S. The van der Waals surface area contributed by atoms with Crippen molar-refractivity contribution in [1.82, 2.24) is 4.31 Å². The van der Waals surface area contributed by atoms with Crippen LogP contribution in [0.1, 0.15) is 25.8 Å². The van der Waals surface area contributed by atoms with Gasteiger partial charge in [0.25, 0.3) is 0 Å². The number of aryl methyl sites for hydroxylation is 1. The summed E-state index contributed by atoms with van der Waals surface area (Å²) in [5, 5.41) is 0. The summed E-state index contributed by atoms with van der Waals surface area (Å²) in [6, 6.07) is 5.10. The van der Waals surface area contributed by atoms with E-state index in [1.807, 2.05) is 13.8 Å². The van der Waals surface area contributed by atoms with Gasteiger partial charge >= 0.3 is 0 Å². The monoisotopic (exact) mass is 348 g/mol. The Bertz CT molecular complexity index is 617. The molecule has 2 N–H and O–H groups in total. The van der Waals surface area contributed by atoms with Crippen LogP contribution in [0.25, 0.3) is 0 Å². The molecule has 0 radical (unpaired) electrons. The van der Waals surface area contributed by atoms with Gasteiger partial charge in [0, 0.05) is 13.6 Å². The van der Waals surface area contributed by atoms with Gasteiger partial charge in [-0.1, -0.05) is 13.8 Å². The maximum absolute atomic E-state index is 12.7. The van der Waals surface area contributed by atoms with Crippen molar-refractivity contribution in [2.45, 2.75) is 31.6 Å². The summed E-state index contributed by atoms with van der Waals surface area (Å²) in [5.41, 5.74) is 6.41. The standard InChI is InChI=1S/C15H24N2O3S.ClH/c1-15(2,10-16)11-17(3)21(18,19)13-6-7-14-12(9-13)5-4-8-20-14;/h6-7,9H,4-5,8,10-11,16H2,1-3H3;1H. The summed E-state index contributed by atoms with van der Waals surface area (Å²) < 4.78 is 32.2. The van der Waals surface area contributed by atoms with Gasteiger partial charge in [-0.3, -0.25) is 0 Å². The van der Waals surface area contributed by atoms with Crippen LogP contribution < -0.4 is 10.5 Å². The van der Waals surface area contributed by atoms with Crippen molar-refractivity contribution in [1.29, 1.82) is 0 Å². The van der Waals surface area contributed by atoms with Gasteiger partial charge in [-0.25, -0.2) is 12.7 Å². The Morgan fingerprint density at radius 1 is 1.36 bits per heavy atom. The summed E-state index contributed by atoms with van der Waals surface area (Å²) in [7, 11) is -1.89. The highest BCUT2D eigenvalue weighted by molar-refractivity contribution is 7.89. The molecule has 1 aromatic carbocycles. The Balaban J connectivity index is 0.00000242. The topological polar surface area (TPSA) is 72.6 Å². The number of sulfonamides is 1. The summed E-state index contributed by atoms with van der Waals surface area (Å²) in [6.45, 7) is 5.44. The maximum Gasteiger partial charge on any atom is 0.242 e. The number of halogens is 1. The van der Waals surface area contributed by atoms with Gasteiger partial charge in [0.15, 0.2) is 0 Å². The van der Waals surface area contributed by atoms with Gasteiger partial charge < -0.3 is 10.5 Å². The lowest BCUT2D eigenvalue weighted by atomic mass is 9.94. The second-order valence-electron chi connectivity index (χ2n) is 6.35. The van der Waals surface area contributed by atoms with Gasteiger partial charge in [-0.2, -0.15) is 0 Å². The number of hydrogen-bond donors (Lipinski definition) is 1. The smallest absolute Gasteiger partial charge is 0.242 e. The molecule has 0 aliphatic carbocycles. The van der Waals surface area contributed by atoms with E-state index in [4.69, 9.17) is 10.5 Å². The zero-order chi connectivity index (χ0) is 15.7. The van der Waals surface area contributed by atoms with Crippen LogP contribution >= 0.6 is 12.4 Å². The third-order valence-electron chi connectivity index (χ3n) is 3.79.